The molecule has 0 aliphatic heterocycles. The van der Waals surface area contributed by atoms with E-state index < -0.39 is 10.9 Å². The minimum absolute atomic E-state index is 0.0546. The largest absolute Gasteiger partial charge is 0.478 e. The first kappa shape index (κ1) is 16.7. The molecule has 0 fully saturated rings. The Morgan fingerprint density at radius 1 is 1.48 bits per heavy atom. The molecule has 0 heterocycles. The molecule has 1 N–H and O–H groups in total. The second kappa shape index (κ2) is 7.42. The Morgan fingerprint density at radius 3 is 2.67 bits per heavy atom. The highest BCUT2D eigenvalue weighted by Crippen LogP contribution is 2.26. The molecule has 1 rings (SSSR count). The van der Waals surface area contributed by atoms with Gasteiger partial charge in [-0.05, 0) is 24.5 Å². The maximum Gasteiger partial charge on any atom is 0.328 e. The lowest BCUT2D eigenvalue weighted by atomic mass is 10.1. The number of carboxylic acids is 1. The van der Waals surface area contributed by atoms with Crippen LogP contribution in [0.2, 0.25) is 0 Å². The highest BCUT2D eigenvalue weighted by atomic mass is 16.6. The van der Waals surface area contributed by atoms with Crippen molar-refractivity contribution in [2.75, 3.05) is 18.5 Å². The second-order valence-electron chi connectivity index (χ2n) is 5.28. The van der Waals surface area contributed by atoms with Crippen molar-refractivity contribution in [3.63, 3.8) is 0 Å². The number of anilines is 1. The van der Waals surface area contributed by atoms with Crippen molar-refractivity contribution in [3.05, 3.63) is 40.0 Å². The number of hydrogen-bond donors (Lipinski definition) is 1. The number of nitro groups is 1. The fourth-order valence-electron chi connectivity index (χ4n) is 1.87. The molecule has 0 bridgehead atoms. The Morgan fingerprint density at radius 2 is 2.14 bits per heavy atom. The smallest absolute Gasteiger partial charge is 0.328 e. The van der Waals surface area contributed by atoms with Crippen LogP contribution in [0, 0.1) is 16.0 Å². The number of hydrogen-bond acceptors (Lipinski definition) is 4. The Hall–Kier alpha value is -2.37. The highest BCUT2D eigenvalue weighted by Gasteiger charge is 2.12. The van der Waals surface area contributed by atoms with Gasteiger partial charge in [-0.1, -0.05) is 13.8 Å². The standard InChI is InChI=1S/C15H20N2O4/c1-11(2)8-9-16(3)14-6-5-13(17(20)21)10-12(14)4-7-15(18)19/h4-7,10-11H,8-9H2,1-3H3,(H,18,19). The Labute approximate surface area is 123 Å². The number of rotatable bonds is 7. The van der Waals surface area contributed by atoms with Gasteiger partial charge >= 0.3 is 5.97 Å². The molecule has 0 aliphatic rings. The molecule has 0 aromatic heterocycles. The van der Waals surface area contributed by atoms with Crippen LogP contribution in [0.5, 0.6) is 0 Å². The zero-order chi connectivity index (χ0) is 16.0. The van der Waals surface area contributed by atoms with Crippen molar-refractivity contribution < 1.29 is 14.8 Å². The number of benzene rings is 1. The summed E-state index contributed by atoms with van der Waals surface area (Å²) in [6, 6.07) is 4.47. The molecular weight excluding hydrogens is 272 g/mol. The van der Waals surface area contributed by atoms with Crippen molar-refractivity contribution in [2.45, 2.75) is 20.3 Å². The molecule has 0 saturated heterocycles. The summed E-state index contributed by atoms with van der Waals surface area (Å²) in [4.78, 5) is 23.0. The lowest BCUT2D eigenvalue weighted by molar-refractivity contribution is -0.384. The van der Waals surface area contributed by atoms with E-state index in [4.69, 9.17) is 5.11 Å². The summed E-state index contributed by atoms with van der Waals surface area (Å²) in [5.41, 5.74) is 1.25. The maximum atomic E-state index is 10.8. The number of carbonyl (C=O) groups is 1. The fourth-order valence-corrected chi connectivity index (χ4v) is 1.87. The van der Waals surface area contributed by atoms with Gasteiger partial charge in [0.1, 0.15) is 0 Å². The van der Waals surface area contributed by atoms with Crippen LogP contribution in [0.25, 0.3) is 6.08 Å². The molecule has 1 aromatic carbocycles. The summed E-state index contributed by atoms with van der Waals surface area (Å²) in [7, 11) is 1.89. The van der Waals surface area contributed by atoms with Crippen LogP contribution in [-0.2, 0) is 4.79 Å². The predicted octanol–water partition coefficient (Wildman–Crippen LogP) is 3.17. The van der Waals surface area contributed by atoms with E-state index in [1.54, 1.807) is 6.07 Å². The third kappa shape index (κ3) is 5.25. The number of non-ortho nitro benzene ring substituents is 1. The molecular formula is C15H20N2O4. The lowest BCUT2D eigenvalue weighted by Gasteiger charge is -2.22. The minimum Gasteiger partial charge on any atom is -0.478 e. The normalized spacial score (nSPS) is 11.0. The predicted molar refractivity (Wildman–Crippen MR) is 82.5 cm³/mol. The van der Waals surface area contributed by atoms with Crippen LogP contribution in [0.4, 0.5) is 11.4 Å². The number of nitro benzene ring substituents is 1. The van der Waals surface area contributed by atoms with E-state index in [0.717, 1.165) is 24.7 Å². The van der Waals surface area contributed by atoms with Crippen molar-refractivity contribution in [2.24, 2.45) is 5.92 Å². The molecule has 21 heavy (non-hydrogen) atoms. The van der Waals surface area contributed by atoms with Gasteiger partial charge in [0.25, 0.3) is 5.69 Å². The minimum atomic E-state index is -1.09. The number of aliphatic carboxylic acids is 1. The first-order valence-electron chi connectivity index (χ1n) is 6.72. The summed E-state index contributed by atoms with van der Waals surface area (Å²) in [6.07, 6.45) is 3.35. The van der Waals surface area contributed by atoms with Crippen molar-refractivity contribution >= 4 is 23.4 Å². The SMILES string of the molecule is CC(C)CCN(C)c1ccc([N+](=O)[O-])cc1C=CC(=O)O. The first-order valence-corrected chi connectivity index (χ1v) is 6.72. The molecule has 6 nitrogen and oxygen atoms in total. The quantitative estimate of drug-likeness (QED) is 0.474. The molecule has 0 radical (unpaired) electrons. The maximum absolute atomic E-state index is 10.8. The Bertz CT molecular complexity index is 553. The van der Waals surface area contributed by atoms with Crippen molar-refractivity contribution in [3.8, 4) is 0 Å². The van der Waals surface area contributed by atoms with Crippen molar-refractivity contribution in [1.82, 2.24) is 0 Å². The van der Waals surface area contributed by atoms with Gasteiger partial charge in [0.15, 0.2) is 0 Å². The fraction of sp³-hybridized carbons (Fsp3) is 0.400. The van der Waals surface area contributed by atoms with Crippen LogP contribution in [0.15, 0.2) is 24.3 Å². The summed E-state index contributed by atoms with van der Waals surface area (Å²) in [5.74, 6) is -0.541. The van der Waals surface area contributed by atoms with Crippen LogP contribution >= 0.6 is 0 Å². The van der Waals surface area contributed by atoms with Gasteiger partial charge in [-0.25, -0.2) is 4.79 Å². The first-order chi connectivity index (χ1) is 9.81. The van der Waals surface area contributed by atoms with Crippen LogP contribution < -0.4 is 4.90 Å². The third-order valence-electron chi connectivity index (χ3n) is 3.08. The molecule has 0 aliphatic carbocycles. The van der Waals surface area contributed by atoms with Crippen LogP contribution in [0.1, 0.15) is 25.8 Å². The summed E-state index contributed by atoms with van der Waals surface area (Å²) in [5, 5.41) is 19.6. The number of nitrogens with zero attached hydrogens (tertiary/aromatic N) is 2. The van der Waals surface area contributed by atoms with Gasteiger partial charge in [-0.3, -0.25) is 10.1 Å². The van der Waals surface area contributed by atoms with E-state index in [1.807, 2.05) is 11.9 Å². The van der Waals surface area contributed by atoms with Gasteiger partial charge in [0.2, 0.25) is 0 Å². The van der Waals surface area contributed by atoms with Gasteiger partial charge in [-0.2, -0.15) is 0 Å². The average Bonchev–Trinajstić information content (AvgIpc) is 2.41. The van der Waals surface area contributed by atoms with Gasteiger partial charge in [0, 0.05) is 43.1 Å². The van der Waals surface area contributed by atoms with E-state index in [2.05, 4.69) is 13.8 Å². The molecule has 6 heteroatoms. The van der Waals surface area contributed by atoms with Gasteiger partial charge in [0.05, 0.1) is 4.92 Å². The molecule has 0 spiro atoms. The Balaban J connectivity index is 3.11. The van der Waals surface area contributed by atoms with E-state index in [9.17, 15) is 14.9 Å². The second-order valence-corrected chi connectivity index (χ2v) is 5.28. The molecule has 0 amide bonds. The lowest BCUT2D eigenvalue weighted by Crippen LogP contribution is -2.20. The zero-order valence-electron chi connectivity index (χ0n) is 12.4. The molecule has 1 aromatic rings. The van der Waals surface area contributed by atoms with Crippen LogP contribution in [-0.4, -0.2) is 29.6 Å². The third-order valence-corrected chi connectivity index (χ3v) is 3.08. The van der Waals surface area contributed by atoms with Gasteiger partial charge in [-0.15, -0.1) is 0 Å². The molecule has 0 atom stereocenters. The van der Waals surface area contributed by atoms with E-state index in [1.165, 1.54) is 18.2 Å². The Kier molecular flexibility index (Phi) is 5.90. The zero-order valence-corrected chi connectivity index (χ0v) is 12.4. The van der Waals surface area contributed by atoms with Crippen molar-refractivity contribution in [1.29, 1.82) is 0 Å². The summed E-state index contributed by atoms with van der Waals surface area (Å²) >= 11 is 0. The molecule has 114 valence electrons. The molecule has 0 saturated carbocycles. The molecule has 0 unspecified atom stereocenters. The topological polar surface area (TPSA) is 83.7 Å². The average molecular weight is 292 g/mol. The number of carboxylic acid groups (broad SMARTS) is 1. The van der Waals surface area contributed by atoms with Gasteiger partial charge < -0.3 is 10.0 Å². The monoisotopic (exact) mass is 292 g/mol. The van der Waals surface area contributed by atoms with E-state index in [-0.39, 0.29) is 5.69 Å². The summed E-state index contributed by atoms with van der Waals surface area (Å²) < 4.78 is 0. The summed E-state index contributed by atoms with van der Waals surface area (Å²) in [6.45, 7) is 5.03. The van der Waals surface area contributed by atoms with Crippen LogP contribution in [0.3, 0.4) is 0 Å². The highest BCUT2D eigenvalue weighted by molar-refractivity contribution is 5.87. The van der Waals surface area contributed by atoms with E-state index in [0.29, 0.717) is 11.5 Å². The van der Waals surface area contributed by atoms with E-state index >= 15 is 0 Å².